The SMILES string of the molecule is CCCCOc1ccc(-c2nnc(-c3cccc(C)c3)o2)cc1. The highest BCUT2D eigenvalue weighted by molar-refractivity contribution is 5.59. The largest absolute Gasteiger partial charge is 0.494 e. The van der Waals surface area contributed by atoms with Crippen molar-refractivity contribution in [2.24, 2.45) is 0 Å². The molecule has 23 heavy (non-hydrogen) atoms. The second-order valence-electron chi connectivity index (χ2n) is 5.51. The average Bonchev–Trinajstić information content (AvgIpc) is 3.06. The fourth-order valence-corrected chi connectivity index (χ4v) is 2.26. The van der Waals surface area contributed by atoms with Crippen LogP contribution in [0.5, 0.6) is 5.75 Å². The Labute approximate surface area is 136 Å². The summed E-state index contributed by atoms with van der Waals surface area (Å²) in [6.07, 6.45) is 2.19. The van der Waals surface area contributed by atoms with Crippen molar-refractivity contribution in [2.45, 2.75) is 26.7 Å². The van der Waals surface area contributed by atoms with Crippen LogP contribution < -0.4 is 4.74 Å². The predicted molar refractivity (Wildman–Crippen MR) is 90.3 cm³/mol. The van der Waals surface area contributed by atoms with E-state index in [9.17, 15) is 0 Å². The van der Waals surface area contributed by atoms with Crippen LogP contribution in [0.15, 0.2) is 52.9 Å². The van der Waals surface area contributed by atoms with Crippen LogP contribution >= 0.6 is 0 Å². The molecule has 0 atom stereocenters. The summed E-state index contributed by atoms with van der Waals surface area (Å²) >= 11 is 0. The highest BCUT2D eigenvalue weighted by atomic mass is 16.5. The van der Waals surface area contributed by atoms with Crippen LogP contribution in [0.4, 0.5) is 0 Å². The lowest BCUT2D eigenvalue weighted by atomic mass is 10.1. The number of ether oxygens (including phenoxy) is 1. The molecule has 0 aliphatic carbocycles. The van der Waals surface area contributed by atoms with Gasteiger partial charge in [0.05, 0.1) is 6.61 Å². The van der Waals surface area contributed by atoms with Gasteiger partial charge in [-0.1, -0.05) is 31.0 Å². The van der Waals surface area contributed by atoms with Crippen molar-refractivity contribution < 1.29 is 9.15 Å². The van der Waals surface area contributed by atoms with E-state index in [4.69, 9.17) is 9.15 Å². The fourth-order valence-electron chi connectivity index (χ4n) is 2.26. The Morgan fingerprint density at radius 2 is 1.70 bits per heavy atom. The molecule has 4 heteroatoms. The molecule has 0 fully saturated rings. The maximum atomic E-state index is 5.79. The van der Waals surface area contributed by atoms with Gasteiger partial charge >= 0.3 is 0 Å². The molecule has 0 amide bonds. The first kappa shape index (κ1) is 15.3. The molecular formula is C19H20N2O2. The lowest BCUT2D eigenvalue weighted by molar-refractivity contribution is 0.309. The van der Waals surface area contributed by atoms with Crippen LogP contribution in [0, 0.1) is 6.92 Å². The van der Waals surface area contributed by atoms with Crippen LogP contribution in [-0.2, 0) is 0 Å². The molecule has 4 nitrogen and oxygen atoms in total. The van der Waals surface area contributed by atoms with E-state index in [1.165, 1.54) is 0 Å². The number of nitrogens with zero attached hydrogens (tertiary/aromatic N) is 2. The maximum absolute atomic E-state index is 5.79. The Bertz CT molecular complexity index is 763. The van der Waals surface area contributed by atoms with E-state index in [0.29, 0.717) is 11.8 Å². The van der Waals surface area contributed by atoms with Crippen LogP contribution in [-0.4, -0.2) is 16.8 Å². The molecule has 0 radical (unpaired) electrons. The molecule has 3 aromatic rings. The summed E-state index contributed by atoms with van der Waals surface area (Å²) in [5, 5.41) is 8.28. The fraction of sp³-hybridized carbons (Fsp3) is 0.263. The van der Waals surface area contributed by atoms with Crippen molar-refractivity contribution in [2.75, 3.05) is 6.61 Å². The minimum Gasteiger partial charge on any atom is -0.494 e. The van der Waals surface area contributed by atoms with Crippen LogP contribution in [0.1, 0.15) is 25.3 Å². The highest BCUT2D eigenvalue weighted by Gasteiger charge is 2.10. The number of rotatable bonds is 6. The minimum atomic E-state index is 0.515. The molecule has 0 N–H and O–H groups in total. The number of hydrogen-bond acceptors (Lipinski definition) is 4. The first-order chi connectivity index (χ1) is 11.3. The average molecular weight is 308 g/mol. The smallest absolute Gasteiger partial charge is 0.248 e. The minimum absolute atomic E-state index is 0.515. The molecule has 0 aliphatic heterocycles. The molecule has 0 bridgehead atoms. The van der Waals surface area contributed by atoms with Gasteiger partial charge in [-0.2, -0.15) is 0 Å². The zero-order valence-electron chi connectivity index (χ0n) is 13.5. The second-order valence-corrected chi connectivity index (χ2v) is 5.51. The predicted octanol–water partition coefficient (Wildman–Crippen LogP) is 4.89. The molecule has 0 saturated carbocycles. The van der Waals surface area contributed by atoms with E-state index in [-0.39, 0.29) is 0 Å². The molecular weight excluding hydrogens is 288 g/mol. The van der Waals surface area contributed by atoms with Gasteiger partial charge in [0.15, 0.2) is 0 Å². The van der Waals surface area contributed by atoms with E-state index < -0.39 is 0 Å². The van der Waals surface area contributed by atoms with Crippen molar-refractivity contribution >= 4 is 0 Å². The van der Waals surface area contributed by atoms with Gasteiger partial charge in [-0.05, 0) is 49.7 Å². The Hall–Kier alpha value is -2.62. The van der Waals surface area contributed by atoms with Crippen molar-refractivity contribution in [1.29, 1.82) is 0 Å². The zero-order valence-corrected chi connectivity index (χ0v) is 13.5. The molecule has 0 unspecified atom stereocenters. The summed E-state index contributed by atoms with van der Waals surface area (Å²) in [5.74, 6) is 1.91. The summed E-state index contributed by atoms with van der Waals surface area (Å²) < 4.78 is 11.4. The monoisotopic (exact) mass is 308 g/mol. The molecule has 0 saturated heterocycles. The molecule has 0 spiro atoms. The Balaban J connectivity index is 1.75. The molecule has 3 rings (SSSR count). The van der Waals surface area contributed by atoms with Crippen LogP contribution in [0.2, 0.25) is 0 Å². The first-order valence-corrected chi connectivity index (χ1v) is 7.90. The van der Waals surface area contributed by atoms with Gasteiger partial charge in [-0.25, -0.2) is 0 Å². The van der Waals surface area contributed by atoms with E-state index in [0.717, 1.165) is 41.9 Å². The van der Waals surface area contributed by atoms with Crippen molar-refractivity contribution in [3.8, 4) is 28.7 Å². The van der Waals surface area contributed by atoms with Crippen LogP contribution in [0.3, 0.4) is 0 Å². The van der Waals surface area contributed by atoms with Crippen molar-refractivity contribution in [1.82, 2.24) is 10.2 Å². The summed E-state index contributed by atoms with van der Waals surface area (Å²) in [6, 6.07) is 15.8. The van der Waals surface area contributed by atoms with E-state index in [1.807, 2.05) is 55.5 Å². The third kappa shape index (κ3) is 3.77. The normalized spacial score (nSPS) is 10.7. The Morgan fingerprint density at radius 1 is 0.957 bits per heavy atom. The summed E-state index contributed by atoms with van der Waals surface area (Å²) in [4.78, 5) is 0. The molecule has 118 valence electrons. The zero-order chi connectivity index (χ0) is 16.1. The molecule has 0 aliphatic rings. The van der Waals surface area contributed by atoms with Crippen LogP contribution in [0.25, 0.3) is 22.9 Å². The number of hydrogen-bond donors (Lipinski definition) is 0. The van der Waals surface area contributed by atoms with Gasteiger partial charge in [-0.15, -0.1) is 10.2 Å². The van der Waals surface area contributed by atoms with E-state index >= 15 is 0 Å². The highest BCUT2D eigenvalue weighted by Crippen LogP contribution is 2.25. The Kier molecular flexibility index (Phi) is 4.71. The quantitative estimate of drug-likeness (QED) is 0.608. The third-order valence-electron chi connectivity index (χ3n) is 3.56. The topological polar surface area (TPSA) is 48.2 Å². The van der Waals surface area contributed by atoms with E-state index in [2.05, 4.69) is 17.1 Å². The number of unbranched alkanes of at least 4 members (excludes halogenated alkanes) is 1. The third-order valence-corrected chi connectivity index (χ3v) is 3.56. The molecule has 1 heterocycles. The molecule has 2 aromatic carbocycles. The van der Waals surface area contributed by atoms with Crippen molar-refractivity contribution in [3.63, 3.8) is 0 Å². The summed E-state index contributed by atoms with van der Waals surface area (Å²) in [6.45, 7) is 4.93. The number of benzene rings is 2. The lowest BCUT2D eigenvalue weighted by Gasteiger charge is -2.05. The maximum Gasteiger partial charge on any atom is 0.248 e. The first-order valence-electron chi connectivity index (χ1n) is 7.90. The second kappa shape index (κ2) is 7.09. The van der Waals surface area contributed by atoms with Gasteiger partial charge in [0.2, 0.25) is 11.8 Å². The summed E-state index contributed by atoms with van der Waals surface area (Å²) in [5.41, 5.74) is 2.98. The number of aromatic nitrogens is 2. The molecule has 1 aromatic heterocycles. The van der Waals surface area contributed by atoms with Gasteiger partial charge in [-0.3, -0.25) is 0 Å². The Morgan fingerprint density at radius 3 is 2.39 bits per heavy atom. The van der Waals surface area contributed by atoms with Gasteiger partial charge in [0.1, 0.15) is 5.75 Å². The summed E-state index contributed by atoms with van der Waals surface area (Å²) in [7, 11) is 0. The number of aryl methyl sites for hydroxylation is 1. The standard InChI is InChI=1S/C19H20N2O2/c1-3-4-12-22-17-10-8-15(9-11-17)18-20-21-19(23-18)16-7-5-6-14(2)13-16/h5-11,13H,3-4,12H2,1-2H3. The van der Waals surface area contributed by atoms with Gasteiger partial charge in [0, 0.05) is 11.1 Å². The lowest BCUT2D eigenvalue weighted by Crippen LogP contribution is -1.95. The van der Waals surface area contributed by atoms with Gasteiger partial charge < -0.3 is 9.15 Å². The van der Waals surface area contributed by atoms with Crippen molar-refractivity contribution in [3.05, 3.63) is 54.1 Å². The van der Waals surface area contributed by atoms with Gasteiger partial charge in [0.25, 0.3) is 0 Å². The van der Waals surface area contributed by atoms with E-state index in [1.54, 1.807) is 0 Å².